The minimum absolute atomic E-state index is 0.255. The minimum Gasteiger partial charge on any atom is -0.383 e. The molecule has 1 atom stereocenters. The van der Waals surface area contributed by atoms with Gasteiger partial charge in [0.2, 0.25) is 0 Å². The molecular formula is C12H23N5O. The van der Waals surface area contributed by atoms with Crippen LogP contribution in [0.1, 0.15) is 26.6 Å². The molecule has 1 aromatic rings. The molecular weight excluding hydrogens is 230 g/mol. The van der Waals surface area contributed by atoms with Crippen molar-refractivity contribution >= 4 is 11.6 Å². The molecule has 1 unspecified atom stereocenters. The van der Waals surface area contributed by atoms with Crippen LogP contribution in [0.4, 0.5) is 11.6 Å². The highest BCUT2D eigenvalue weighted by Crippen LogP contribution is 2.18. The fraction of sp³-hybridized carbons (Fsp3) is 0.667. The molecule has 1 heterocycles. The summed E-state index contributed by atoms with van der Waals surface area (Å²) in [5.74, 6) is 7.73. The van der Waals surface area contributed by atoms with E-state index in [-0.39, 0.29) is 6.04 Å². The number of aryl methyl sites for hydroxylation is 1. The van der Waals surface area contributed by atoms with Crippen LogP contribution >= 0.6 is 0 Å². The average Bonchev–Trinajstić information content (AvgIpc) is 2.39. The van der Waals surface area contributed by atoms with Gasteiger partial charge < -0.3 is 15.1 Å². The number of anilines is 2. The first-order valence-electron chi connectivity index (χ1n) is 6.26. The first-order valence-corrected chi connectivity index (χ1v) is 6.26. The number of nitrogens with one attached hydrogen (secondary N) is 1. The largest absolute Gasteiger partial charge is 0.383 e. The molecule has 0 bridgehead atoms. The zero-order valence-corrected chi connectivity index (χ0v) is 11.6. The molecule has 6 heteroatoms. The number of nitrogen functional groups attached to an aromatic ring is 1. The normalized spacial score (nSPS) is 12.3. The van der Waals surface area contributed by atoms with Crippen molar-refractivity contribution in [3.8, 4) is 0 Å². The predicted molar refractivity (Wildman–Crippen MR) is 73.6 cm³/mol. The third-order valence-corrected chi connectivity index (χ3v) is 2.80. The number of aromatic nitrogens is 2. The van der Waals surface area contributed by atoms with Crippen molar-refractivity contribution in [1.82, 2.24) is 9.97 Å². The van der Waals surface area contributed by atoms with Crippen LogP contribution in [0.3, 0.4) is 0 Å². The van der Waals surface area contributed by atoms with Crippen LogP contribution in [-0.2, 0) is 11.2 Å². The summed E-state index contributed by atoms with van der Waals surface area (Å²) in [6.45, 7) is 7.74. The van der Waals surface area contributed by atoms with E-state index in [2.05, 4.69) is 34.1 Å². The molecule has 0 aliphatic heterocycles. The summed E-state index contributed by atoms with van der Waals surface area (Å²) in [6, 6.07) is 2.11. The Labute approximate surface area is 109 Å². The van der Waals surface area contributed by atoms with E-state index in [1.807, 2.05) is 13.0 Å². The summed E-state index contributed by atoms with van der Waals surface area (Å²) in [5, 5.41) is 0. The van der Waals surface area contributed by atoms with Crippen LogP contribution in [-0.4, -0.2) is 36.3 Å². The topological polar surface area (TPSA) is 76.3 Å². The van der Waals surface area contributed by atoms with Crippen LogP contribution in [0, 0.1) is 0 Å². The molecule has 0 saturated heterocycles. The van der Waals surface area contributed by atoms with Crippen molar-refractivity contribution in [2.75, 3.05) is 30.6 Å². The van der Waals surface area contributed by atoms with Crippen molar-refractivity contribution < 1.29 is 4.74 Å². The van der Waals surface area contributed by atoms with Gasteiger partial charge in [-0.3, -0.25) is 0 Å². The number of ether oxygens (including phenoxy) is 1. The smallest absolute Gasteiger partial charge is 0.145 e. The van der Waals surface area contributed by atoms with Gasteiger partial charge in [0.1, 0.15) is 17.5 Å². The second kappa shape index (κ2) is 7.13. The Morgan fingerprint density at radius 2 is 2.17 bits per heavy atom. The Bertz CT molecular complexity index is 349. The van der Waals surface area contributed by atoms with E-state index in [0.717, 1.165) is 24.6 Å². The molecule has 18 heavy (non-hydrogen) atoms. The number of methoxy groups -OCH3 is 1. The van der Waals surface area contributed by atoms with Crippen LogP contribution < -0.4 is 16.2 Å². The van der Waals surface area contributed by atoms with Gasteiger partial charge >= 0.3 is 0 Å². The van der Waals surface area contributed by atoms with E-state index in [4.69, 9.17) is 10.6 Å². The first kappa shape index (κ1) is 14.7. The van der Waals surface area contributed by atoms with E-state index in [9.17, 15) is 0 Å². The average molecular weight is 253 g/mol. The Hall–Kier alpha value is -1.40. The van der Waals surface area contributed by atoms with Gasteiger partial charge in [-0.25, -0.2) is 15.8 Å². The molecule has 0 radical (unpaired) electrons. The van der Waals surface area contributed by atoms with Gasteiger partial charge in [-0.15, -0.1) is 0 Å². The monoisotopic (exact) mass is 253 g/mol. The third-order valence-electron chi connectivity index (χ3n) is 2.80. The number of rotatable bonds is 7. The second-order valence-corrected chi connectivity index (χ2v) is 4.12. The van der Waals surface area contributed by atoms with E-state index in [0.29, 0.717) is 12.4 Å². The Morgan fingerprint density at radius 3 is 2.67 bits per heavy atom. The summed E-state index contributed by atoms with van der Waals surface area (Å²) in [6.07, 6.45) is 0.777. The van der Waals surface area contributed by atoms with Crippen molar-refractivity contribution in [1.29, 1.82) is 0 Å². The molecule has 1 aromatic heterocycles. The molecule has 1 rings (SSSR count). The van der Waals surface area contributed by atoms with Crippen molar-refractivity contribution in [3.05, 3.63) is 11.9 Å². The standard InChI is InChI=1S/C12H23N5O/c1-5-10-14-11(16-13)7-12(15-10)17(6-2)9(3)8-18-4/h7,9H,5-6,8,13H2,1-4H3,(H,14,15,16). The quantitative estimate of drug-likeness (QED) is 0.561. The van der Waals surface area contributed by atoms with E-state index < -0.39 is 0 Å². The van der Waals surface area contributed by atoms with Crippen LogP contribution in [0.15, 0.2) is 6.07 Å². The summed E-state index contributed by atoms with van der Waals surface area (Å²) < 4.78 is 5.20. The van der Waals surface area contributed by atoms with Crippen molar-refractivity contribution in [2.24, 2.45) is 5.84 Å². The summed E-state index contributed by atoms with van der Waals surface area (Å²) >= 11 is 0. The van der Waals surface area contributed by atoms with Gasteiger partial charge in [-0.2, -0.15) is 0 Å². The molecule has 102 valence electrons. The highest BCUT2D eigenvalue weighted by atomic mass is 16.5. The summed E-state index contributed by atoms with van der Waals surface area (Å²) in [4.78, 5) is 11.0. The lowest BCUT2D eigenvalue weighted by Gasteiger charge is -2.29. The van der Waals surface area contributed by atoms with E-state index in [1.54, 1.807) is 7.11 Å². The van der Waals surface area contributed by atoms with E-state index in [1.165, 1.54) is 0 Å². The SMILES string of the molecule is CCc1nc(NN)cc(N(CC)C(C)COC)n1. The summed E-state index contributed by atoms with van der Waals surface area (Å²) in [5.41, 5.74) is 2.58. The second-order valence-electron chi connectivity index (χ2n) is 4.12. The lowest BCUT2D eigenvalue weighted by molar-refractivity contribution is 0.181. The number of hydrogen-bond acceptors (Lipinski definition) is 6. The zero-order valence-electron chi connectivity index (χ0n) is 11.6. The van der Waals surface area contributed by atoms with Gasteiger partial charge in [-0.1, -0.05) is 6.92 Å². The number of likely N-dealkylation sites (N-methyl/N-ethyl adjacent to an activating group) is 1. The number of hydrazine groups is 1. The maximum absolute atomic E-state index is 5.44. The van der Waals surface area contributed by atoms with Crippen molar-refractivity contribution in [3.63, 3.8) is 0 Å². The molecule has 0 fully saturated rings. The number of hydrogen-bond donors (Lipinski definition) is 2. The summed E-state index contributed by atoms with van der Waals surface area (Å²) in [7, 11) is 1.70. The Morgan fingerprint density at radius 1 is 1.44 bits per heavy atom. The van der Waals surface area contributed by atoms with Gasteiger partial charge in [0, 0.05) is 26.1 Å². The number of nitrogens with zero attached hydrogens (tertiary/aromatic N) is 3. The fourth-order valence-electron chi connectivity index (χ4n) is 1.89. The van der Waals surface area contributed by atoms with Crippen LogP contribution in [0.5, 0.6) is 0 Å². The maximum Gasteiger partial charge on any atom is 0.145 e. The fourth-order valence-corrected chi connectivity index (χ4v) is 1.89. The maximum atomic E-state index is 5.44. The molecule has 0 amide bonds. The van der Waals surface area contributed by atoms with Gasteiger partial charge in [0.15, 0.2) is 0 Å². The Kier molecular flexibility index (Phi) is 5.80. The highest BCUT2D eigenvalue weighted by molar-refractivity contribution is 5.49. The lowest BCUT2D eigenvalue weighted by atomic mass is 10.3. The lowest BCUT2D eigenvalue weighted by Crippen LogP contribution is -2.37. The van der Waals surface area contributed by atoms with Gasteiger partial charge in [-0.05, 0) is 13.8 Å². The molecule has 0 aromatic carbocycles. The zero-order chi connectivity index (χ0) is 13.5. The van der Waals surface area contributed by atoms with Gasteiger partial charge in [0.25, 0.3) is 0 Å². The first-order chi connectivity index (χ1) is 8.65. The molecule has 0 aliphatic rings. The third kappa shape index (κ3) is 3.54. The minimum atomic E-state index is 0.255. The molecule has 0 aliphatic carbocycles. The van der Waals surface area contributed by atoms with E-state index >= 15 is 0 Å². The highest BCUT2D eigenvalue weighted by Gasteiger charge is 2.15. The van der Waals surface area contributed by atoms with Crippen LogP contribution in [0.2, 0.25) is 0 Å². The molecule has 3 N–H and O–H groups in total. The predicted octanol–water partition coefficient (Wildman–Crippen LogP) is 1.19. The number of nitrogens with two attached hydrogens (primary N) is 1. The van der Waals surface area contributed by atoms with Crippen molar-refractivity contribution in [2.45, 2.75) is 33.2 Å². The van der Waals surface area contributed by atoms with Crippen LogP contribution in [0.25, 0.3) is 0 Å². The Balaban J connectivity index is 3.03. The molecule has 6 nitrogen and oxygen atoms in total. The molecule has 0 spiro atoms. The van der Waals surface area contributed by atoms with Gasteiger partial charge in [0.05, 0.1) is 12.6 Å². The molecule has 0 saturated carbocycles.